The van der Waals surface area contributed by atoms with Crippen molar-refractivity contribution in [1.82, 2.24) is 25.3 Å². The molecule has 0 bridgehead atoms. The van der Waals surface area contributed by atoms with Crippen LogP contribution in [0.5, 0.6) is 0 Å². The topological polar surface area (TPSA) is 97.5 Å². The van der Waals surface area contributed by atoms with Crippen LogP contribution in [0.3, 0.4) is 0 Å². The van der Waals surface area contributed by atoms with E-state index in [0.29, 0.717) is 44.1 Å². The third-order valence-corrected chi connectivity index (χ3v) is 3.09. The van der Waals surface area contributed by atoms with Crippen LogP contribution in [0.2, 0.25) is 0 Å². The number of anilines is 1. The lowest BCUT2D eigenvalue weighted by atomic mass is 9.94. The second kappa shape index (κ2) is 4.46. The minimum absolute atomic E-state index is 0.441. The summed E-state index contributed by atoms with van der Waals surface area (Å²) >= 11 is 0. The highest BCUT2D eigenvalue weighted by atomic mass is 16.5. The lowest BCUT2D eigenvalue weighted by Gasteiger charge is -2.32. The highest BCUT2D eigenvalue weighted by Gasteiger charge is 2.29. The first kappa shape index (κ1) is 11.3. The van der Waals surface area contributed by atoms with E-state index in [9.17, 15) is 5.11 Å². The van der Waals surface area contributed by atoms with Crippen molar-refractivity contribution < 1.29 is 9.84 Å². The van der Waals surface area contributed by atoms with Gasteiger partial charge in [-0.2, -0.15) is 0 Å². The van der Waals surface area contributed by atoms with Gasteiger partial charge in [0, 0.05) is 32.6 Å². The second-order valence-electron chi connectivity index (χ2n) is 4.44. The maximum atomic E-state index is 10.3. The van der Waals surface area contributed by atoms with Crippen LogP contribution < -0.4 is 5.32 Å². The summed E-state index contributed by atoms with van der Waals surface area (Å²) in [7, 11) is 0. The van der Waals surface area contributed by atoms with Gasteiger partial charge in [-0.3, -0.25) is 0 Å². The van der Waals surface area contributed by atoms with Crippen LogP contribution in [0.4, 0.5) is 5.82 Å². The molecule has 0 saturated carbocycles. The van der Waals surface area contributed by atoms with Gasteiger partial charge in [-0.05, 0) is 22.6 Å². The minimum Gasteiger partial charge on any atom is -0.388 e. The van der Waals surface area contributed by atoms with E-state index in [1.807, 2.05) is 0 Å². The summed E-state index contributed by atoms with van der Waals surface area (Å²) in [5.41, 5.74) is -0.138. The molecule has 8 nitrogen and oxygen atoms in total. The van der Waals surface area contributed by atoms with Crippen molar-refractivity contribution in [3.63, 3.8) is 0 Å². The largest absolute Gasteiger partial charge is 0.388 e. The molecule has 8 heteroatoms. The molecular weight excluding hydrogens is 236 g/mol. The second-order valence-corrected chi connectivity index (χ2v) is 4.44. The van der Waals surface area contributed by atoms with Crippen molar-refractivity contribution in [2.24, 2.45) is 0 Å². The van der Waals surface area contributed by atoms with E-state index >= 15 is 0 Å². The molecule has 0 aliphatic carbocycles. The third-order valence-electron chi connectivity index (χ3n) is 3.09. The van der Waals surface area contributed by atoms with Crippen molar-refractivity contribution in [3.05, 3.63) is 12.1 Å². The maximum Gasteiger partial charge on any atom is 0.200 e. The Morgan fingerprint density at radius 3 is 3.06 bits per heavy atom. The summed E-state index contributed by atoms with van der Waals surface area (Å²) in [5.74, 6) is 0.634. The molecule has 0 aromatic carbocycles. The molecule has 2 aromatic heterocycles. The predicted molar refractivity (Wildman–Crippen MR) is 62.1 cm³/mol. The zero-order valence-corrected chi connectivity index (χ0v) is 9.78. The Bertz CT molecular complexity index is 536. The van der Waals surface area contributed by atoms with E-state index in [4.69, 9.17) is 4.74 Å². The summed E-state index contributed by atoms with van der Waals surface area (Å²) < 4.78 is 6.57. The molecule has 1 aliphatic rings. The monoisotopic (exact) mass is 250 g/mol. The molecule has 0 atom stereocenters. The summed E-state index contributed by atoms with van der Waals surface area (Å²) in [6.07, 6.45) is 1.26. The SMILES string of the molecule is OC1(CNc2ccc3nnnn3n2)CCOCC1. The van der Waals surface area contributed by atoms with E-state index < -0.39 is 5.60 Å². The summed E-state index contributed by atoms with van der Waals surface area (Å²) in [6, 6.07) is 3.55. The Hall–Kier alpha value is -1.80. The molecule has 96 valence electrons. The van der Waals surface area contributed by atoms with Gasteiger partial charge in [0.2, 0.25) is 0 Å². The van der Waals surface area contributed by atoms with Crippen LogP contribution in [0, 0.1) is 0 Å². The first-order valence-electron chi connectivity index (χ1n) is 5.85. The lowest BCUT2D eigenvalue weighted by molar-refractivity contribution is -0.0543. The first-order valence-corrected chi connectivity index (χ1v) is 5.85. The van der Waals surface area contributed by atoms with E-state index in [1.54, 1.807) is 12.1 Å². The Morgan fingerprint density at radius 1 is 1.39 bits per heavy atom. The lowest BCUT2D eigenvalue weighted by Crippen LogP contribution is -2.42. The number of hydrogen-bond acceptors (Lipinski definition) is 7. The highest BCUT2D eigenvalue weighted by Crippen LogP contribution is 2.20. The Labute approximate surface area is 103 Å². The van der Waals surface area contributed by atoms with Crippen LogP contribution in [0.15, 0.2) is 12.1 Å². The van der Waals surface area contributed by atoms with Gasteiger partial charge in [-0.1, -0.05) is 0 Å². The smallest absolute Gasteiger partial charge is 0.200 e. The van der Waals surface area contributed by atoms with E-state index in [2.05, 4.69) is 25.9 Å². The molecule has 0 radical (unpaired) electrons. The average molecular weight is 250 g/mol. The minimum atomic E-state index is -0.727. The molecule has 1 fully saturated rings. The maximum absolute atomic E-state index is 10.3. The van der Waals surface area contributed by atoms with Crippen molar-refractivity contribution >= 4 is 11.5 Å². The van der Waals surface area contributed by atoms with E-state index in [1.165, 1.54) is 4.63 Å². The molecule has 3 rings (SSSR count). The van der Waals surface area contributed by atoms with Crippen LogP contribution in [-0.4, -0.2) is 55.7 Å². The zero-order valence-electron chi connectivity index (χ0n) is 9.78. The van der Waals surface area contributed by atoms with Crippen molar-refractivity contribution in [3.8, 4) is 0 Å². The Morgan fingerprint density at radius 2 is 2.22 bits per heavy atom. The number of nitrogens with one attached hydrogen (secondary N) is 1. The zero-order chi connectivity index (χ0) is 12.4. The molecule has 2 aromatic rings. The standard InChI is InChI=1S/C10H14N6O2/c17-10(3-5-18-6-4-10)7-11-8-1-2-9-12-14-15-16(9)13-8/h1-2,17H,3-7H2,(H,11,13). The quantitative estimate of drug-likeness (QED) is 0.755. The fourth-order valence-corrected chi connectivity index (χ4v) is 1.93. The summed E-state index contributed by atoms with van der Waals surface area (Å²) in [4.78, 5) is 0. The molecule has 2 N–H and O–H groups in total. The fourth-order valence-electron chi connectivity index (χ4n) is 1.93. The Balaban J connectivity index is 1.68. The molecular formula is C10H14N6O2. The number of fused-ring (bicyclic) bond motifs is 1. The van der Waals surface area contributed by atoms with Gasteiger partial charge in [-0.25, -0.2) is 0 Å². The van der Waals surface area contributed by atoms with Gasteiger partial charge in [0.15, 0.2) is 5.65 Å². The molecule has 1 saturated heterocycles. The third kappa shape index (κ3) is 2.24. The van der Waals surface area contributed by atoms with Gasteiger partial charge in [0.1, 0.15) is 5.82 Å². The number of hydrogen-bond donors (Lipinski definition) is 2. The van der Waals surface area contributed by atoms with E-state index in [0.717, 1.165) is 0 Å². The van der Waals surface area contributed by atoms with Gasteiger partial charge in [0.25, 0.3) is 0 Å². The van der Waals surface area contributed by atoms with E-state index in [-0.39, 0.29) is 0 Å². The van der Waals surface area contributed by atoms with Crippen molar-refractivity contribution in [2.45, 2.75) is 18.4 Å². The molecule has 3 heterocycles. The van der Waals surface area contributed by atoms with Crippen LogP contribution >= 0.6 is 0 Å². The van der Waals surface area contributed by atoms with Gasteiger partial charge in [0.05, 0.1) is 5.60 Å². The normalized spacial score (nSPS) is 18.9. The summed E-state index contributed by atoms with van der Waals surface area (Å²) in [6.45, 7) is 1.63. The number of tetrazole rings is 1. The predicted octanol–water partition coefficient (Wildman–Crippen LogP) is -0.527. The van der Waals surface area contributed by atoms with Gasteiger partial charge in [-0.15, -0.1) is 14.8 Å². The molecule has 0 amide bonds. The number of rotatable bonds is 3. The van der Waals surface area contributed by atoms with Crippen LogP contribution in [-0.2, 0) is 4.74 Å². The van der Waals surface area contributed by atoms with Crippen molar-refractivity contribution in [1.29, 1.82) is 0 Å². The number of aliphatic hydroxyl groups is 1. The fraction of sp³-hybridized carbons (Fsp3) is 0.600. The van der Waals surface area contributed by atoms with Gasteiger partial charge < -0.3 is 15.2 Å². The number of nitrogens with zero attached hydrogens (tertiary/aromatic N) is 5. The van der Waals surface area contributed by atoms with Crippen molar-refractivity contribution in [2.75, 3.05) is 25.1 Å². The molecule has 18 heavy (non-hydrogen) atoms. The average Bonchev–Trinajstić information content (AvgIpc) is 2.85. The molecule has 0 spiro atoms. The number of ether oxygens (including phenoxy) is 1. The first-order chi connectivity index (χ1) is 8.75. The van der Waals surface area contributed by atoms with Crippen LogP contribution in [0.25, 0.3) is 5.65 Å². The number of aromatic nitrogens is 5. The Kier molecular flexibility index (Phi) is 2.80. The highest BCUT2D eigenvalue weighted by molar-refractivity contribution is 5.42. The van der Waals surface area contributed by atoms with Gasteiger partial charge >= 0.3 is 0 Å². The molecule has 1 aliphatic heterocycles. The summed E-state index contributed by atoms with van der Waals surface area (Å²) in [5, 5.41) is 28.6. The van der Waals surface area contributed by atoms with Crippen LogP contribution in [0.1, 0.15) is 12.8 Å². The molecule has 0 unspecified atom stereocenters.